The van der Waals surface area contributed by atoms with Crippen LogP contribution < -0.4 is 4.74 Å². The number of nitro groups is 1. The minimum absolute atomic E-state index is 0.0565. The first-order valence-electron chi connectivity index (χ1n) is 3.78. The van der Waals surface area contributed by atoms with E-state index < -0.39 is 4.92 Å². The second kappa shape index (κ2) is 5.02. The number of non-ortho nitro benzene ring substituents is 1. The van der Waals surface area contributed by atoms with E-state index in [0.717, 1.165) is 0 Å². The molecule has 0 aliphatic heterocycles. The Morgan fingerprint density at radius 1 is 1.50 bits per heavy atom. The summed E-state index contributed by atoms with van der Waals surface area (Å²) in [5, 5.41) is 10.8. The highest BCUT2D eigenvalue weighted by Crippen LogP contribution is 2.28. The maximum absolute atomic E-state index is 10.4. The lowest BCUT2D eigenvalue weighted by Gasteiger charge is -2.05. The lowest BCUT2D eigenvalue weighted by molar-refractivity contribution is -0.384. The van der Waals surface area contributed by atoms with Gasteiger partial charge in [0.1, 0.15) is 12.4 Å². The maximum Gasteiger partial charge on any atom is 0.273 e. The van der Waals surface area contributed by atoms with Crippen LogP contribution in [0.25, 0.3) is 0 Å². The molecule has 0 radical (unpaired) electrons. The van der Waals surface area contributed by atoms with Gasteiger partial charge in [-0.15, -0.1) is 11.6 Å². The average molecular weight is 236 g/mol. The van der Waals surface area contributed by atoms with Gasteiger partial charge in [0, 0.05) is 6.07 Å². The van der Waals surface area contributed by atoms with E-state index in [4.69, 9.17) is 27.9 Å². The third-order valence-electron chi connectivity index (χ3n) is 1.46. The van der Waals surface area contributed by atoms with E-state index in [9.17, 15) is 10.1 Å². The quantitative estimate of drug-likeness (QED) is 0.458. The summed E-state index contributed by atoms with van der Waals surface area (Å²) < 4.78 is 5.11. The molecule has 4 nitrogen and oxygen atoms in total. The highest BCUT2D eigenvalue weighted by atomic mass is 35.5. The van der Waals surface area contributed by atoms with Gasteiger partial charge in [-0.25, -0.2) is 0 Å². The van der Waals surface area contributed by atoms with Crippen molar-refractivity contribution in [2.24, 2.45) is 0 Å². The van der Waals surface area contributed by atoms with E-state index >= 15 is 0 Å². The fraction of sp³-hybridized carbons (Fsp3) is 0.250. The monoisotopic (exact) mass is 235 g/mol. The molecule has 0 atom stereocenters. The smallest absolute Gasteiger partial charge is 0.273 e. The normalized spacial score (nSPS) is 9.86. The third-order valence-corrected chi connectivity index (χ3v) is 1.93. The van der Waals surface area contributed by atoms with Crippen LogP contribution in [-0.2, 0) is 0 Å². The molecule has 0 fully saturated rings. The molecule has 0 aromatic heterocycles. The molecule has 0 heterocycles. The Labute approximate surface area is 90.5 Å². The van der Waals surface area contributed by atoms with Crippen LogP contribution in [0.2, 0.25) is 5.02 Å². The van der Waals surface area contributed by atoms with E-state index in [1.165, 1.54) is 18.2 Å². The van der Waals surface area contributed by atoms with Gasteiger partial charge in [-0.2, -0.15) is 0 Å². The lowest BCUT2D eigenvalue weighted by Crippen LogP contribution is -1.99. The molecule has 0 saturated heterocycles. The number of nitro benzene ring substituents is 1. The number of rotatable bonds is 4. The lowest BCUT2D eigenvalue weighted by atomic mass is 10.3. The molecule has 1 aromatic carbocycles. The first-order valence-corrected chi connectivity index (χ1v) is 4.69. The van der Waals surface area contributed by atoms with Crippen molar-refractivity contribution in [2.75, 3.05) is 12.5 Å². The van der Waals surface area contributed by atoms with Crippen molar-refractivity contribution in [1.29, 1.82) is 0 Å². The molecule has 0 N–H and O–H groups in total. The Bertz CT molecular complexity index is 343. The van der Waals surface area contributed by atoms with Crippen LogP contribution in [0.4, 0.5) is 5.69 Å². The molecule has 6 heteroatoms. The van der Waals surface area contributed by atoms with E-state index in [2.05, 4.69) is 0 Å². The van der Waals surface area contributed by atoms with Gasteiger partial charge in [-0.3, -0.25) is 10.1 Å². The van der Waals surface area contributed by atoms with E-state index in [1.807, 2.05) is 0 Å². The van der Waals surface area contributed by atoms with Crippen LogP contribution in [0, 0.1) is 10.1 Å². The fourth-order valence-electron chi connectivity index (χ4n) is 0.865. The molecule has 0 aliphatic rings. The van der Waals surface area contributed by atoms with Crippen molar-refractivity contribution in [3.8, 4) is 5.75 Å². The number of hydrogen-bond donors (Lipinski definition) is 0. The van der Waals surface area contributed by atoms with Gasteiger partial charge in [-0.1, -0.05) is 11.6 Å². The van der Waals surface area contributed by atoms with Gasteiger partial charge >= 0.3 is 0 Å². The summed E-state index contributed by atoms with van der Waals surface area (Å²) in [4.78, 5) is 9.91. The van der Waals surface area contributed by atoms with Crippen LogP contribution >= 0.6 is 23.2 Å². The number of hydrogen-bond acceptors (Lipinski definition) is 3. The Balaban J connectivity index is 2.90. The molecular formula is C8H7Cl2NO3. The van der Waals surface area contributed by atoms with Gasteiger partial charge in [0.25, 0.3) is 5.69 Å². The van der Waals surface area contributed by atoms with E-state index in [0.29, 0.717) is 10.9 Å². The highest BCUT2D eigenvalue weighted by Gasteiger charge is 2.10. The van der Waals surface area contributed by atoms with Gasteiger partial charge in [0.15, 0.2) is 0 Å². The predicted molar refractivity (Wildman–Crippen MR) is 54.3 cm³/mol. The number of halogens is 2. The van der Waals surface area contributed by atoms with Crippen LogP contribution in [0.5, 0.6) is 5.75 Å². The molecule has 0 aliphatic carbocycles. The fourth-order valence-corrected chi connectivity index (χ4v) is 1.11. The van der Waals surface area contributed by atoms with Crippen molar-refractivity contribution in [2.45, 2.75) is 0 Å². The van der Waals surface area contributed by atoms with Gasteiger partial charge in [0.05, 0.1) is 21.9 Å². The number of alkyl halides is 1. The Morgan fingerprint density at radius 3 is 2.79 bits per heavy atom. The topological polar surface area (TPSA) is 52.4 Å². The zero-order valence-corrected chi connectivity index (χ0v) is 8.59. The standard InChI is InChI=1S/C8H7Cl2NO3/c9-3-4-14-8-5-6(11(12)13)1-2-7(8)10/h1-2,5H,3-4H2. The van der Waals surface area contributed by atoms with Crippen molar-refractivity contribution in [1.82, 2.24) is 0 Å². The van der Waals surface area contributed by atoms with Crippen molar-refractivity contribution < 1.29 is 9.66 Å². The molecule has 0 unspecified atom stereocenters. The SMILES string of the molecule is O=[N+]([O-])c1ccc(Cl)c(OCCCl)c1. The zero-order valence-electron chi connectivity index (χ0n) is 7.07. The number of ether oxygens (including phenoxy) is 1. The zero-order chi connectivity index (χ0) is 10.6. The van der Waals surface area contributed by atoms with Crippen LogP contribution in [0.1, 0.15) is 0 Å². The molecule has 14 heavy (non-hydrogen) atoms. The predicted octanol–water partition coefficient (Wildman–Crippen LogP) is 2.87. The van der Waals surface area contributed by atoms with Crippen molar-refractivity contribution >= 4 is 28.9 Å². The Morgan fingerprint density at radius 2 is 2.21 bits per heavy atom. The minimum Gasteiger partial charge on any atom is -0.491 e. The van der Waals surface area contributed by atoms with Crippen LogP contribution in [0.15, 0.2) is 18.2 Å². The number of nitrogens with zero attached hydrogens (tertiary/aromatic N) is 1. The summed E-state index contributed by atoms with van der Waals surface area (Å²) in [6, 6.07) is 4.01. The van der Waals surface area contributed by atoms with Crippen molar-refractivity contribution in [3.05, 3.63) is 33.3 Å². The molecule has 1 aromatic rings. The van der Waals surface area contributed by atoms with Crippen LogP contribution in [0.3, 0.4) is 0 Å². The van der Waals surface area contributed by atoms with Gasteiger partial charge < -0.3 is 4.74 Å². The summed E-state index contributed by atoms with van der Waals surface area (Å²) >= 11 is 11.2. The van der Waals surface area contributed by atoms with E-state index in [-0.39, 0.29) is 18.0 Å². The molecular weight excluding hydrogens is 229 g/mol. The summed E-state index contributed by atoms with van der Waals surface area (Å²) in [6.07, 6.45) is 0. The summed E-state index contributed by atoms with van der Waals surface area (Å²) in [5.41, 5.74) is -0.0565. The average Bonchev–Trinajstić information content (AvgIpc) is 2.16. The molecule has 0 spiro atoms. The molecule has 0 bridgehead atoms. The minimum atomic E-state index is -0.510. The van der Waals surface area contributed by atoms with Gasteiger partial charge in [0.2, 0.25) is 0 Å². The molecule has 0 amide bonds. The molecule has 1 rings (SSSR count). The van der Waals surface area contributed by atoms with Crippen molar-refractivity contribution in [3.63, 3.8) is 0 Å². The summed E-state index contributed by atoms with van der Waals surface area (Å²) in [6.45, 7) is 0.266. The number of benzene rings is 1. The maximum atomic E-state index is 10.4. The highest BCUT2D eigenvalue weighted by molar-refractivity contribution is 6.32. The Hall–Kier alpha value is -1.00. The second-order valence-corrected chi connectivity index (χ2v) is 3.19. The van der Waals surface area contributed by atoms with Crippen LogP contribution in [-0.4, -0.2) is 17.4 Å². The summed E-state index contributed by atoms with van der Waals surface area (Å²) in [7, 11) is 0. The first kappa shape index (κ1) is 11.1. The largest absolute Gasteiger partial charge is 0.491 e. The second-order valence-electron chi connectivity index (χ2n) is 2.41. The van der Waals surface area contributed by atoms with Gasteiger partial charge in [-0.05, 0) is 6.07 Å². The van der Waals surface area contributed by atoms with E-state index in [1.54, 1.807) is 0 Å². The third kappa shape index (κ3) is 2.75. The summed E-state index contributed by atoms with van der Waals surface area (Å²) in [5.74, 6) is 0.584. The molecule has 76 valence electrons. The molecule has 0 saturated carbocycles. The Kier molecular flexibility index (Phi) is 3.98. The first-order chi connectivity index (χ1) is 6.65.